The number of nitrogens with one attached hydrogen (secondary N) is 2. The molecule has 0 radical (unpaired) electrons. The van der Waals surface area contributed by atoms with Crippen LogP contribution < -0.4 is 10.6 Å². The molecule has 0 spiro atoms. The van der Waals surface area contributed by atoms with Gasteiger partial charge in [-0.2, -0.15) is 0 Å². The molecule has 1 aliphatic rings. The van der Waals surface area contributed by atoms with E-state index in [0.29, 0.717) is 6.04 Å². The van der Waals surface area contributed by atoms with Crippen molar-refractivity contribution < 1.29 is 0 Å². The van der Waals surface area contributed by atoms with Gasteiger partial charge in [0.05, 0.1) is 0 Å². The van der Waals surface area contributed by atoms with Crippen molar-refractivity contribution in [3.8, 4) is 0 Å². The number of hydrogen-bond donors (Lipinski definition) is 2. The van der Waals surface area contributed by atoms with E-state index in [1.807, 2.05) is 7.05 Å². The summed E-state index contributed by atoms with van der Waals surface area (Å²) in [7, 11) is 1.82. The quantitative estimate of drug-likeness (QED) is 0.494. The molecule has 0 aliphatic heterocycles. The Bertz CT molecular complexity index is 509. The lowest BCUT2D eigenvalue weighted by atomic mass is 9.85. The minimum atomic E-state index is 0.0479. The van der Waals surface area contributed by atoms with E-state index >= 15 is 0 Å². The average molecular weight is 350 g/mol. The summed E-state index contributed by atoms with van der Waals surface area (Å²) in [5.41, 5.74) is 1.36. The number of hydrogen-bond acceptors (Lipinski definition) is 1. The van der Waals surface area contributed by atoms with Crippen LogP contribution in [0.25, 0.3) is 0 Å². The van der Waals surface area contributed by atoms with Crippen LogP contribution in [0.2, 0.25) is 0 Å². The van der Waals surface area contributed by atoms with E-state index < -0.39 is 0 Å². The first-order chi connectivity index (χ1) is 10.0. The fraction of sp³-hybridized carbons (Fsp3) is 0.471. The summed E-state index contributed by atoms with van der Waals surface area (Å²) in [6, 6.07) is 9.00. The molecule has 114 valence electrons. The molecule has 0 saturated carbocycles. The van der Waals surface area contributed by atoms with E-state index in [2.05, 4.69) is 81.8 Å². The minimum Gasteiger partial charge on any atom is -0.356 e. The number of halogens is 1. The third-order valence-corrected chi connectivity index (χ3v) is 4.42. The van der Waals surface area contributed by atoms with Gasteiger partial charge in [-0.1, -0.05) is 54.1 Å². The lowest BCUT2D eigenvalue weighted by Crippen LogP contribution is -2.46. The Hall–Kier alpha value is -1.29. The maximum absolute atomic E-state index is 4.32. The maximum atomic E-state index is 4.32. The van der Waals surface area contributed by atoms with Crippen LogP contribution in [-0.4, -0.2) is 25.6 Å². The molecule has 0 unspecified atom stereocenters. The van der Waals surface area contributed by atoms with Crippen LogP contribution in [0.5, 0.6) is 0 Å². The average Bonchev–Trinajstić information content (AvgIpc) is 2.97. The molecule has 3 nitrogen and oxygen atoms in total. The molecule has 0 aromatic heterocycles. The number of aliphatic imine (C=N–C) groups is 1. The molecule has 0 saturated heterocycles. The van der Waals surface area contributed by atoms with Crippen molar-refractivity contribution in [3.05, 3.63) is 46.5 Å². The van der Waals surface area contributed by atoms with Crippen LogP contribution in [0.15, 0.2) is 45.9 Å². The first-order valence-electron chi connectivity index (χ1n) is 7.39. The van der Waals surface area contributed by atoms with E-state index in [-0.39, 0.29) is 5.41 Å². The highest BCUT2D eigenvalue weighted by atomic mass is 79.9. The summed E-state index contributed by atoms with van der Waals surface area (Å²) in [6.45, 7) is 5.33. The Labute approximate surface area is 136 Å². The molecule has 0 atom stereocenters. The topological polar surface area (TPSA) is 36.4 Å². The molecule has 4 heteroatoms. The van der Waals surface area contributed by atoms with E-state index in [4.69, 9.17) is 0 Å². The maximum Gasteiger partial charge on any atom is 0.191 e. The lowest BCUT2D eigenvalue weighted by molar-refractivity contribution is 0.504. The zero-order chi connectivity index (χ0) is 15.3. The van der Waals surface area contributed by atoms with Crippen LogP contribution in [0, 0.1) is 0 Å². The fourth-order valence-corrected chi connectivity index (χ4v) is 2.70. The number of nitrogens with zero attached hydrogens (tertiary/aromatic N) is 1. The molecule has 2 rings (SSSR count). The van der Waals surface area contributed by atoms with Crippen molar-refractivity contribution in [2.24, 2.45) is 4.99 Å². The van der Waals surface area contributed by atoms with Crippen molar-refractivity contribution in [2.45, 2.75) is 38.1 Å². The monoisotopic (exact) mass is 349 g/mol. The van der Waals surface area contributed by atoms with Gasteiger partial charge < -0.3 is 10.6 Å². The summed E-state index contributed by atoms with van der Waals surface area (Å²) in [5.74, 6) is 0.883. The van der Waals surface area contributed by atoms with Crippen molar-refractivity contribution in [1.82, 2.24) is 10.6 Å². The predicted molar refractivity (Wildman–Crippen MR) is 93.8 cm³/mol. The van der Waals surface area contributed by atoms with Gasteiger partial charge in [-0.15, -0.1) is 0 Å². The largest absolute Gasteiger partial charge is 0.356 e. The summed E-state index contributed by atoms with van der Waals surface area (Å²) in [6.07, 6.45) is 6.60. The second-order valence-corrected chi connectivity index (χ2v) is 7.02. The summed E-state index contributed by atoms with van der Waals surface area (Å²) < 4.78 is 1.11. The van der Waals surface area contributed by atoms with Gasteiger partial charge in [-0.3, -0.25) is 4.99 Å². The molecule has 0 bridgehead atoms. The molecule has 21 heavy (non-hydrogen) atoms. The minimum absolute atomic E-state index is 0.0479. The lowest BCUT2D eigenvalue weighted by Gasteiger charge is -2.27. The van der Waals surface area contributed by atoms with Crippen LogP contribution >= 0.6 is 15.9 Å². The van der Waals surface area contributed by atoms with Gasteiger partial charge in [-0.05, 0) is 30.5 Å². The molecule has 1 aromatic carbocycles. The van der Waals surface area contributed by atoms with E-state index in [0.717, 1.165) is 29.8 Å². The molecule has 0 heterocycles. The number of benzene rings is 1. The normalized spacial score (nSPS) is 16.3. The van der Waals surface area contributed by atoms with Gasteiger partial charge in [0.15, 0.2) is 5.96 Å². The highest BCUT2D eigenvalue weighted by Gasteiger charge is 2.21. The van der Waals surface area contributed by atoms with E-state index in [1.165, 1.54) is 5.56 Å². The van der Waals surface area contributed by atoms with E-state index in [1.54, 1.807) is 0 Å². The molecule has 1 aliphatic carbocycles. The van der Waals surface area contributed by atoms with Crippen LogP contribution in [-0.2, 0) is 5.41 Å². The van der Waals surface area contributed by atoms with Gasteiger partial charge in [-0.25, -0.2) is 0 Å². The van der Waals surface area contributed by atoms with Crippen LogP contribution in [0.3, 0.4) is 0 Å². The zero-order valence-electron chi connectivity index (χ0n) is 13.0. The van der Waals surface area contributed by atoms with Crippen molar-refractivity contribution in [2.75, 3.05) is 13.6 Å². The Morgan fingerprint density at radius 3 is 2.43 bits per heavy atom. The second-order valence-electron chi connectivity index (χ2n) is 6.10. The van der Waals surface area contributed by atoms with Gasteiger partial charge in [0, 0.05) is 29.5 Å². The van der Waals surface area contributed by atoms with Crippen LogP contribution in [0.4, 0.5) is 0 Å². The summed E-state index contributed by atoms with van der Waals surface area (Å²) >= 11 is 3.48. The van der Waals surface area contributed by atoms with Crippen molar-refractivity contribution >= 4 is 21.9 Å². The molecule has 0 amide bonds. The zero-order valence-corrected chi connectivity index (χ0v) is 14.6. The summed E-state index contributed by atoms with van der Waals surface area (Å²) in [5, 5.41) is 6.92. The Morgan fingerprint density at radius 1 is 1.24 bits per heavy atom. The number of rotatable bonds is 4. The fourth-order valence-electron chi connectivity index (χ4n) is 2.43. The molecule has 2 N–H and O–H groups in total. The Kier molecular flexibility index (Phi) is 5.45. The van der Waals surface area contributed by atoms with Crippen molar-refractivity contribution in [3.63, 3.8) is 0 Å². The van der Waals surface area contributed by atoms with E-state index in [9.17, 15) is 0 Å². The van der Waals surface area contributed by atoms with Gasteiger partial charge in [0.2, 0.25) is 0 Å². The number of guanidine groups is 1. The van der Waals surface area contributed by atoms with Gasteiger partial charge in [0.1, 0.15) is 0 Å². The molecular formula is C17H24BrN3. The molecule has 0 fully saturated rings. The van der Waals surface area contributed by atoms with Gasteiger partial charge in [0.25, 0.3) is 0 Å². The van der Waals surface area contributed by atoms with Crippen molar-refractivity contribution in [1.29, 1.82) is 0 Å². The SMILES string of the molecule is CN=C(NCC(C)(C)c1ccc(Br)cc1)NC1CC=CC1. The van der Waals surface area contributed by atoms with Crippen LogP contribution in [0.1, 0.15) is 32.3 Å². The molecule has 1 aromatic rings. The highest BCUT2D eigenvalue weighted by Crippen LogP contribution is 2.24. The predicted octanol–water partition coefficient (Wildman–Crippen LogP) is 3.61. The highest BCUT2D eigenvalue weighted by molar-refractivity contribution is 9.10. The third-order valence-electron chi connectivity index (χ3n) is 3.90. The third kappa shape index (κ3) is 4.60. The molecular weight excluding hydrogens is 326 g/mol. The Balaban J connectivity index is 1.91. The smallest absolute Gasteiger partial charge is 0.191 e. The Morgan fingerprint density at radius 2 is 1.86 bits per heavy atom. The van der Waals surface area contributed by atoms with Gasteiger partial charge >= 0.3 is 0 Å². The second kappa shape index (κ2) is 7.12. The summed E-state index contributed by atoms with van der Waals surface area (Å²) in [4.78, 5) is 4.32. The first-order valence-corrected chi connectivity index (χ1v) is 8.19. The first kappa shape index (κ1) is 16.1. The standard InChI is InChI=1S/C17H24BrN3/c1-17(2,13-8-10-14(18)11-9-13)12-20-16(19-3)21-15-6-4-5-7-15/h4-5,8-11,15H,6-7,12H2,1-3H3,(H2,19,20,21).